The molecular formula is C14H18ClN3S2. The van der Waals surface area contributed by atoms with E-state index in [0.29, 0.717) is 0 Å². The second-order valence-electron chi connectivity index (χ2n) is 5.57. The highest BCUT2D eigenvalue weighted by molar-refractivity contribution is 8.01. The van der Waals surface area contributed by atoms with Crippen molar-refractivity contribution in [3.63, 3.8) is 0 Å². The molecule has 1 heterocycles. The Morgan fingerprint density at radius 3 is 2.70 bits per heavy atom. The van der Waals surface area contributed by atoms with Crippen LogP contribution >= 0.6 is 34.9 Å². The highest BCUT2D eigenvalue weighted by atomic mass is 35.5. The van der Waals surface area contributed by atoms with Crippen molar-refractivity contribution in [2.75, 3.05) is 0 Å². The molecule has 108 valence electrons. The third kappa shape index (κ3) is 4.74. The first kappa shape index (κ1) is 15.8. The Morgan fingerprint density at radius 2 is 2.10 bits per heavy atom. The van der Waals surface area contributed by atoms with E-state index in [4.69, 9.17) is 11.6 Å². The van der Waals surface area contributed by atoms with E-state index >= 15 is 0 Å². The Hall–Kier alpha value is -0.620. The number of nitrogens with zero attached hydrogens (tertiary/aromatic N) is 2. The molecule has 0 amide bonds. The Bertz CT molecular complexity index is 590. The molecule has 20 heavy (non-hydrogen) atoms. The molecule has 0 saturated heterocycles. The van der Waals surface area contributed by atoms with E-state index in [1.54, 1.807) is 11.8 Å². The van der Waals surface area contributed by atoms with Crippen LogP contribution in [-0.4, -0.2) is 14.9 Å². The molecule has 1 N–H and O–H groups in total. The first-order valence-electron chi connectivity index (χ1n) is 6.35. The number of aromatic nitrogens is 2. The third-order valence-corrected chi connectivity index (χ3v) is 4.73. The molecule has 0 spiro atoms. The predicted octanol–water partition coefficient (Wildman–Crippen LogP) is 4.54. The van der Waals surface area contributed by atoms with E-state index in [1.165, 1.54) is 22.0 Å². The standard InChI is InChI=1S/C14H18ClN3S2/c1-9-17-13(20-18-9)19-12-6-5-11(15)7-10(12)8-16-14(2,3)4/h5-7,16H,8H2,1-4H3. The van der Waals surface area contributed by atoms with Gasteiger partial charge in [0, 0.05) is 22.0 Å². The van der Waals surface area contributed by atoms with Crippen LogP contribution in [0.1, 0.15) is 32.2 Å². The highest BCUT2D eigenvalue weighted by Crippen LogP contribution is 2.33. The Balaban J connectivity index is 2.19. The molecule has 0 atom stereocenters. The van der Waals surface area contributed by atoms with Gasteiger partial charge in [0.2, 0.25) is 0 Å². The molecule has 0 radical (unpaired) electrons. The number of hydrogen-bond acceptors (Lipinski definition) is 5. The topological polar surface area (TPSA) is 37.8 Å². The lowest BCUT2D eigenvalue weighted by Gasteiger charge is -2.21. The van der Waals surface area contributed by atoms with Crippen LogP contribution in [0.15, 0.2) is 27.4 Å². The van der Waals surface area contributed by atoms with Gasteiger partial charge >= 0.3 is 0 Å². The van der Waals surface area contributed by atoms with Gasteiger partial charge in [-0.2, -0.15) is 4.37 Å². The van der Waals surface area contributed by atoms with Gasteiger partial charge in [-0.25, -0.2) is 4.98 Å². The minimum absolute atomic E-state index is 0.0730. The maximum Gasteiger partial charge on any atom is 0.174 e. The monoisotopic (exact) mass is 327 g/mol. The van der Waals surface area contributed by atoms with Gasteiger partial charge in [0.1, 0.15) is 5.82 Å². The normalized spacial score (nSPS) is 11.8. The van der Waals surface area contributed by atoms with Crippen LogP contribution in [-0.2, 0) is 6.54 Å². The number of benzene rings is 1. The van der Waals surface area contributed by atoms with Gasteiger partial charge in [0.15, 0.2) is 4.34 Å². The molecule has 0 aliphatic heterocycles. The zero-order valence-electron chi connectivity index (χ0n) is 12.0. The van der Waals surface area contributed by atoms with Crippen molar-refractivity contribution >= 4 is 34.9 Å². The quantitative estimate of drug-likeness (QED) is 0.894. The van der Waals surface area contributed by atoms with Crippen molar-refractivity contribution in [1.29, 1.82) is 0 Å². The summed E-state index contributed by atoms with van der Waals surface area (Å²) in [6.07, 6.45) is 0. The van der Waals surface area contributed by atoms with E-state index in [-0.39, 0.29) is 5.54 Å². The molecule has 2 aromatic rings. The lowest BCUT2D eigenvalue weighted by Crippen LogP contribution is -2.35. The Morgan fingerprint density at radius 1 is 1.35 bits per heavy atom. The summed E-state index contributed by atoms with van der Waals surface area (Å²) in [6, 6.07) is 5.97. The van der Waals surface area contributed by atoms with Gasteiger partial charge in [-0.15, -0.1) is 0 Å². The summed E-state index contributed by atoms with van der Waals surface area (Å²) in [4.78, 5) is 5.56. The minimum Gasteiger partial charge on any atom is -0.308 e. The summed E-state index contributed by atoms with van der Waals surface area (Å²) in [5.41, 5.74) is 1.26. The Labute approximate surface area is 133 Å². The van der Waals surface area contributed by atoms with Crippen LogP contribution in [0.3, 0.4) is 0 Å². The second kappa shape index (κ2) is 6.43. The van der Waals surface area contributed by atoms with Gasteiger partial charge < -0.3 is 5.32 Å². The van der Waals surface area contributed by atoms with Crippen molar-refractivity contribution < 1.29 is 0 Å². The lowest BCUT2D eigenvalue weighted by molar-refractivity contribution is 0.422. The molecule has 0 aliphatic carbocycles. The summed E-state index contributed by atoms with van der Waals surface area (Å²) in [7, 11) is 0. The molecule has 0 saturated carbocycles. The van der Waals surface area contributed by atoms with Gasteiger partial charge in [0.25, 0.3) is 0 Å². The molecule has 0 aliphatic rings. The predicted molar refractivity (Wildman–Crippen MR) is 86.8 cm³/mol. The summed E-state index contributed by atoms with van der Waals surface area (Å²) < 4.78 is 5.17. The fraction of sp³-hybridized carbons (Fsp3) is 0.429. The average molecular weight is 328 g/mol. The molecule has 0 fully saturated rings. The molecule has 6 heteroatoms. The number of nitrogens with one attached hydrogen (secondary N) is 1. The summed E-state index contributed by atoms with van der Waals surface area (Å²) in [5.74, 6) is 0.820. The van der Waals surface area contributed by atoms with Crippen LogP contribution in [0.5, 0.6) is 0 Å². The highest BCUT2D eigenvalue weighted by Gasteiger charge is 2.12. The zero-order chi connectivity index (χ0) is 14.8. The Kier molecular flexibility index (Phi) is 5.07. The maximum absolute atomic E-state index is 6.11. The molecule has 0 bridgehead atoms. The first-order valence-corrected chi connectivity index (χ1v) is 8.32. The average Bonchev–Trinajstić information content (AvgIpc) is 2.74. The van der Waals surface area contributed by atoms with E-state index in [1.807, 2.05) is 25.1 Å². The smallest absolute Gasteiger partial charge is 0.174 e. The van der Waals surface area contributed by atoms with Crippen molar-refractivity contribution in [2.45, 2.75) is 49.0 Å². The molecule has 1 aromatic heterocycles. The van der Waals surface area contributed by atoms with E-state index in [9.17, 15) is 0 Å². The van der Waals surface area contributed by atoms with Crippen LogP contribution in [0, 0.1) is 6.92 Å². The third-order valence-electron chi connectivity index (χ3n) is 2.54. The second-order valence-corrected chi connectivity index (χ2v) is 8.04. The summed E-state index contributed by atoms with van der Waals surface area (Å²) in [5, 5.41) is 4.25. The SMILES string of the molecule is Cc1nsc(Sc2ccc(Cl)cc2CNC(C)(C)C)n1. The van der Waals surface area contributed by atoms with Gasteiger partial charge in [0.05, 0.1) is 0 Å². The van der Waals surface area contributed by atoms with Crippen LogP contribution < -0.4 is 5.32 Å². The molecular weight excluding hydrogens is 310 g/mol. The van der Waals surface area contributed by atoms with Gasteiger partial charge in [-0.3, -0.25) is 0 Å². The number of hydrogen-bond donors (Lipinski definition) is 1. The lowest BCUT2D eigenvalue weighted by atomic mass is 10.1. The maximum atomic E-state index is 6.11. The number of halogens is 1. The molecule has 1 aromatic carbocycles. The van der Waals surface area contributed by atoms with Crippen molar-refractivity contribution in [3.05, 3.63) is 34.6 Å². The fourth-order valence-electron chi connectivity index (χ4n) is 1.56. The van der Waals surface area contributed by atoms with Gasteiger partial charge in [-0.1, -0.05) is 23.4 Å². The number of rotatable bonds is 4. The van der Waals surface area contributed by atoms with Crippen molar-refractivity contribution in [3.8, 4) is 0 Å². The van der Waals surface area contributed by atoms with Crippen LogP contribution in [0.2, 0.25) is 5.02 Å². The molecule has 0 unspecified atom stereocenters. The minimum atomic E-state index is 0.0730. The number of aryl methyl sites for hydroxylation is 1. The van der Waals surface area contributed by atoms with E-state index < -0.39 is 0 Å². The van der Waals surface area contributed by atoms with Gasteiger partial charge in [-0.05, 0) is 63.0 Å². The largest absolute Gasteiger partial charge is 0.308 e. The molecule has 3 nitrogen and oxygen atoms in total. The zero-order valence-corrected chi connectivity index (χ0v) is 14.4. The molecule has 2 rings (SSSR count). The summed E-state index contributed by atoms with van der Waals surface area (Å²) >= 11 is 9.18. The van der Waals surface area contributed by atoms with E-state index in [2.05, 4.69) is 35.4 Å². The first-order chi connectivity index (χ1) is 9.33. The van der Waals surface area contributed by atoms with E-state index in [0.717, 1.165) is 21.7 Å². The van der Waals surface area contributed by atoms with Crippen molar-refractivity contribution in [1.82, 2.24) is 14.7 Å². The summed E-state index contributed by atoms with van der Waals surface area (Å²) in [6.45, 7) is 9.14. The van der Waals surface area contributed by atoms with Crippen LogP contribution in [0.4, 0.5) is 0 Å². The van der Waals surface area contributed by atoms with Crippen LogP contribution in [0.25, 0.3) is 0 Å². The van der Waals surface area contributed by atoms with Crippen molar-refractivity contribution in [2.24, 2.45) is 0 Å². The fourth-order valence-corrected chi connectivity index (χ4v) is 3.47.